The maximum Gasteiger partial charge on any atom is 0.0625 e. The lowest BCUT2D eigenvalue weighted by Crippen LogP contribution is -2.27. The van der Waals surface area contributed by atoms with Crippen LogP contribution in [0.25, 0.3) is 0 Å². The van der Waals surface area contributed by atoms with Crippen molar-refractivity contribution in [2.45, 2.75) is 96.0 Å². The van der Waals surface area contributed by atoms with Gasteiger partial charge in [0.15, 0.2) is 0 Å². The van der Waals surface area contributed by atoms with Crippen molar-refractivity contribution in [2.24, 2.45) is 11.8 Å². The number of hydrogen-bond donors (Lipinski definition) is 1. The fraction of sp³-hybridized carbons (Fsp3) is 1.00. The van der Waals surface area contributed by atoms with Crippen LogP contribution >= 0.6 is 0 Å². The molecule has 1 N–H and O–H groups in total. The van der Waals surface area contributed by atoms with Gasteiger partial charge in [-0.05, 0) is 37.5 Å². The van der Waals surface area contributed by atoms with Crippen LogP contribution in [0.2, 0.25) is 0 Å². The second kappa shape index (κ2) is 10.6. The van der Waals surface area contributed by atoms with Gasteiger partial charge in [-0.1, -0.05) is 64.2 Å². The highest BCUT2D eigenvalue weighted by Gasteiger charge is 2.23. The van der Waals surface area contributed by atoms with E-state index in [9.17, 15) is 5.11 Å². The molecule has 0 aromatic rings. The van der Waals surface area contributed by atoms with Crippen LogP contribution < -0.4 is 0 Å². The summed E-state index contributed by atoms with van der Waals surface area (Å²) in [6.45, 7) is 1.19. The molecule has 0 aromatic heterocycles. The van der Waals surface area contributed by atoms with Crippen molar-refractivity contribution in [3.05, 3.63) is 0 Å². The Morgan fingerprint density at radius 2 is 1.52 bits per heavy atom. The summed E-state index contributed by atoms with van der Waals surface area (Å²) in [5.74, 6) is 1.72. The van der Waals surface area contributed by atoms with Crippen molar-refractivity contribution in [1.82, 2.24) is 0 Å². The third-order valence-electron chi connectivity index (χ3n) is 5.65. The van der Waals surface area contributed by atoms with Gasteiger partial charge in [-0.3, -0.25) is 0 Å². The SMILES string of the molecule is OCCC(OCCCCC1CCCCC1)C1CCCCC1. The van der Waals surface area contributed by atoms with E-state index in [-0.39, 0.29) is 6.61 Å². The zero-order valence-corrected chi connectivity index (χ0v) is 13.9. The first-order chi connectivity index (χ1) is 10.4. The summed E-state index contributed by atoms with van der Waals surface area (Å²) in [5.41, 5.74) is 0. The Balaban J connectivity index is 1.55. The summed E-state index contributed by atoms with van der Waals surface area (Å²) in [6, 6.07) is 0. The number of aliphatic hydroxyl groups excluding tert-OH is 1. The molecular weight excluding hydrogens is 260 g/mol. The van der Waals surface area contributed by atoms with Crippen molar-refractivity contribution in [2.75, 3.05) is 13.2 Å². The van der Waals surface area contributed by atoms with E-state index in [0.717, 1.165) is 18.9 Å². The van der Waals surface area contributed by atoms with E-state index in [0.29, 0.717) is 12.0 Å². The molecule has 0 aliphatic heterocycles. The van der Waals surface area contributed by atoms with Crippen molar-refractivity contribution in [1.29, 1.82) is 0 Å². The van der Waals surface area contributed by atoms with Gasteiger partial charge in [0.25, 0.3) is 0 Å². The van der Waals surface area contributed by atoms with Crippen LogP contribution in [0.3, 0.4) is 0 Å². The van der Waals surface area contributed by atoms with Gasteiger partial charge in [0, 0.05) is 13.2 Å². The van der Waals surface area contributed by atoms with Crippen LogP contribution in [-0.4, -0.2) is 24.4 Å². The standard InChI is InChI=1S/C19H36O2/c20-15-14-19(18-12-5-2-6-13-18)21-16-8-7-11-17-9-3-1-4-10-17/h17-20H,1-16H2. The largest absolute Gasteiger partial charge is 0.396 e. The second-order valence-electron chi connectivity index (χ2n) is 7.32. The third kappa shape index (κ3) is 6.69. The number of hydrogen-bond acceptors (Lipinski definition) is 2. The van der Waals surface area contributed by atoms with Crippen LogP contribution in [0.1, 0.15) is 89.9 Å². The molecule has 0 radical (unpaired) electrons. The third-order valence-corrected chi connectivity index (χ3v) is 5.65. The molecule has 2 rings (SSSR count). The fourth-order valence-corrected chi connectivity index (χ4v) is 4.33. The minimum absolute atomic E-state index is 0.281. The Bertz CT molecular complexity index is 242. The predicted octanol–water partition coefficient (Wildman–Crippen LogP) is 5.08. The van der Waals surface area contributed by atoms with E-state index >= 15 is 0 Å². The lowest BCUT2D eigenvalue weighted by molar-refractivity contribution is -0.0153. The first-order valence-corrected chi connectivity index (χ1v) is 9.62. The fourth-order valence-electron chi connectivity index (χ4n) is 4.33. The highest BCUT2D eigenvalue weighted by atomic mass is 16.5. The van der Waals surface area contributed by atoms with Crippen LogP contribution in [0, 0.1) is 11.8 Å². The number of ether oxygens (including phenoxy) is 1. The van der Waals surface area contributed by atoms with Gasteiger partial charge in [-0.2, -0.15) is 0 Å². The average Bonchev–Trinajstić information content (AvgIpc) is 2.55. The zero-order chi connectivity index (χ0) is 14.8. The molecule has 0 saturated heterocycles. The molecule has 0 heterocycles. The minimum atomic E-state index is 0.281. The molecule has 2 heteroatoms. The molecular formula is C19H36O2. The molecule has 2 nitrogen and oxygen atoms in total. The average molecular weight is 296 g/mol. The highest BCUT2D eigenvalue weighted by molar-refractivity contribution is 4.74. The smallest absolute Gasteiger partial charge is 0.0625 e. The zero-order valence-electron chi connectivity index (χ0n) is 13.9. The van der Waals surface area contributed by atoms with E-state index in [1.54, 1.807) is 0 Å². The summed E-state index contributed by atoms with van der Waals surface area (Å²) in [6.07, 6.45) is 19.2. The Hall–Kier alpha value is -0.0800. The lowest BCUT2D eigenvalue weighted by atomic mass is 9.84. The monoisotopic (exact) mass is 296 g/mol. The van der Waals surface area contributed by atoms with Gasteiger partial charge in [-0.25, -0.2) is 0 Å². The summed E-state index contributed by atoms with van der Waals surface area (Å²) in [7, 11) is 0. The maximum atomic E-state index is 9.26. The molecule has 0 aromatic carbocycles. The Morgan fingerprint density at radius 3 is 2.19 bits per heavy atom. The van der Waals surface area contributed by atoms with Gasteiger partial charge in [0.05, 0.1) is 6.10 Å². The maximum absolute atomic E-state index is 9.26. The van der Waals surface area contributed by atoms with Gasteiger partial charge in [0.1, 0.15) is 0 Å². The molecule has 1 atom stereocenters. The Morgan fingerprint density at radius 1 is 0.857 bits per heavy atom. The van der Waals surface area contributed by atoms with Gasteiger partial charge >= 0.3 is 0 Å². The van der Waals surface area contributed by atoms with Crippen LogP contribution in [0.4, 0.5) is 0 Å². The lowest BCUT2D eigenvalue weighted by Gasteiger charge is -2.30. The molecule has 2 saturated carbocycles. The minimum Gasteiger partial charge on any atom is -0.396 e. The molecule has 2 aliphatic carbocycles. The van der Waals surface area contributed by atoms with E-state index in [1.807, 2.05) is 0 Å². The van der Waals surface area contributed by atoms with E-state index < -0.39 is 0 Å². The van der Waals surface area contributed by atoms with Gasteiger partial charge in [0.2, 0.25) is 0 Å². The molecule has 2 aliphatic rings. The van der Waals surface area contributed by atoms with Crippen molar-refractivity contribution in [3.8, 4) is 0 Å². The van der Waals surface area contributed by atoms with Crippen LogP contribution in [0.5, 0.6) is 0 Å². The van der Waals surface area contributed by atoms with Crippen LogP contribution in [0.15, 0.2) is 0 Å². The highest BCUT2D eigenvalue weighted by Crippen LogP contribution is 2.30. The number of unbranched alkanes of at least 4 members (excludes halogenated alkanes) is 1. The molecule has 0 amide bonds. The quantitative estimate of drug-likeness (QED) is 0.601. The molecule has 0 spiro atoms. The number of aliphatic hydroxyl groups is 1. The molecule has 0 bridgehead atoms. The summed E-state index contributed by atoms with van der Waals surface area (Å²) in [4.78, 5) is 0. The molecule has 21 heavy (non-hydrogen) atoms. The Kier molecular flexibility index (Phi) is 8.73. The van der Waals surface area contributed by atoms with Gasteiger partial charge < -0.3 is 9.84 Å². The predicted molar refractivity (Wildman–Crippen MR) is 88.4 cm³/mol. The Labute approximate surface area is 131 Å². The molecule has 124 valence electrons. The molecule has 1 unspecified atom stereocenters. The first kappa shape index (κ1) is 17.3. The normalized spacial score (nSPS) is 23.3. The number of rotatable bonds is 9. The van der Waals surface area contributed by atoms with E-state index in [4.69, 9.17) is 4.74 Å². The molecule has 2 fully saturated rings. The summed E-state index contributed by atoms with van der Waals surface area (Å²) >= 11 is 0. The first-order valence-electron chi connectivity index (χ1n) is 9.62. The van der Waals surface area contributed by atoms with Crippen LogP contribution in [-0.2, 0) is 4.74 Å². The van der Waals surface area contributed by atoms with Crippen molar-refractivity contribution in [3.63, 3.8) is 0 Å². The van der Waals surface area contributed by atoms with Gasteiger partial charge in [-0.15, -0.1) is 0 Å². The summed E-state index contributed by atoms with van der Waals surface area (Å²) in [5, 5.41) is 9.26. The second-order valence-corrected chi connectivity index (χ2v) is 7.32. The van der Waals surface area contributed by atoms with Crippen molar-refractivity contribution >= 4 is 0 Å². The van der Waals surface area contributed by atoms with E-state index in [1.165, 1.54) is 83.5 Å². The van der Waals surface area contributed by atoms with Crippen molar-refractivity contribution < 1.29 is 9.84 Å². The van der Waals surface area contributed by atoms with E-state index in [2.05, 4.69) is 0 Å². The summed E-state index contributed by atoms with van der Waals surface area (Å²) < 4.78 is 6.15. The topological polar surface area (TPSA) is 29.5 Å².